The molecule has 0 aliphatic heterocycles. The number of carbonyl (C=O) groups excluding carboxylic acids is 2. The zero-order chi connectivity index (χ0) is 20.0. The minimum atomic E-state index is -0.442. The van der Waals surface area contributed by atoms with E-state index in [4.69, 9.17) is 0 Å². The quantitative estimate of drug-likeness (QED) is 0.185. The number of hydrogen-bond acceptors (Lipinski definition) is 4. The highest BCUT2D eigenvalue weighted by molar-refractivity contribution is 5.57. The Bertz CT molecular complexity index is 539. The van der Waals surface area contributed by atoms with Crippen molar-refractivity contribution in [2.45, 2.75) is 45.1 Å². The molecule has 2 atom stereocenters. The van der Waals surface area contributed by atoms with Gasteiger partial charge in [0.05, 0.1) is 12.7 Å². The van der Waals surface area contributed by atoms with Gasteiger partial charge in [-0.1, -0.05) is 79.8 Å². The lowest BCUT2D eigenvalue weighted by atomic mass is 10.1. The molecule has 1 unspecified atom stereocenters. The van der Waals surface area contributed by atoms with Gasteiger partial charge in [-0.25, -0.2) is 0 Å². The molecular formula is C23H32O4. The van der Waals surface area contributed by atoms with Gasteiger partial charge in [0, 0.05) is 5.92 Å². The van der Waals surface area contributed by atoms with E-state index < -0.39 is 6.10 Å². The van der Waals surface area contributed by atoms with Crippen molar-refractivity contribution in [2.24, 2.45) is 5.92 Å². The molecule has 4 nitrogen and oxygen atoms in total. The van der Waals surface area contributed by atoms with Crippen LogP contribution in [0.1, 0.15) is 39.0 Å². The predicted molar refractivity (Wildman–Crippen MR) is 111 cm³/mol. The zero-order valence-corrected chi connectivity index (χ0v) is 16.2. The van der Waals surface area contributed by atoms with Gasteiger partial charge >= 0.3 is 0 Å². The lowest BCUT2D eigenvalue weighted by Gasteiger charge is -1.99. The maximum Gasteiger partial charge on any atom is 0.293 e. The first-order valence-electron chi connectivity index (χ1n) is 9.39. The second-order valence-corrected chi connectivity index (χ2v) is 5.81. The van der Waals surface area contributed by atoms with Crippen LogP contribution in [-0.4, -0.2) is 30.6 Å². The van der Waals surface area contributed by atoms with Crippen LogP contribution >= 0.6 is 0 Å². The summed E-state index contributed by atoms with van der Waals surface area (Å²) in [6.45, 7) is 2.86. The van der Waals surface area contributed by atoms with Crippen LogP contribution in [0.5, 0.6) is 0 Å². The van der Waals surface area contributed by atoms with Crippen molar-refractivity contribution in [3.8, 4) is 0 Å². The maximum absolute atomic E-state index is 11.0. The summed E-state index contributed by atoms with van der Waals surface area (Å²) in [5.41, 5.74) is 0. The summed E-state index contributed by atoms with van der Waals surface area (Å²) in [6, 6.07) is 0. The van der Waals surface area contributed by atoms with E-state index in [9.17, 15) is 14.7 Å². The molecule has 0 aromatic rings. The Morgan fingerprint density at radius 2 is 1.56 bits per heavy atom. The van der Waals surface area contributed by atoms with Crippen LogP contribution in [0.3, 0.4) is 0 Å². The Hall–Kier alpha value is -2.46. The molecule has 4 heteroatoms. The number of rotatable bonds is 16. The van der Waals surface area contributed by atoms with Gasteiger partial charge in [0.15, 0.2) is 0 Å². The number of hydrogen-bond donors (Lipinski definition) is 1. The van der Waals surface area contributed by atoms with Crippen molar-refractivity contribution in [1.82, 2.24) is 0 Å². The summed E-state index contributed by atoms with van der Waals surface area (Å²) in [6.07, 6.45) is 27.2. The lowest BCUT2D eigenvalue weighted by molar-refractivity contribution is -0.128. The highest BCUT2D eigenvalue weighted by Gasteiger charge is 1.98. The molecule has 0 rings (SSSR count). The van der Waals surface area contributed by atoms with E-state index in [1.54, 1.807) is 6.08 Å². The molecule has 0 amide bonds. The number of aldehydes is 1. The molecule has 0 aliphatic carbocycles. The summed E-state index contributed by atoms with van der Waals surface area (Å²) < 4.78 is 4.58. The molecule has 0 radical (unpaired) electrons. The highest BCUT2D eigenvalue weighted by atomic mass is 16.5. The van der Waals surface area contributed by atoms with E-state index in [0.29, 0.717) is 32.3 Å². The van der Waals surface area contributed by atoms with E-state index in [1.807, 2.05) is 66.8 Å². The molecule has 0 bridgehead atoms. The van der Waals surface area contributed by atoms with Crippen LogP contribution in [0.15, 0.2) is 72.9 Å². The van der Waals surface area contributed by atoms with Crippen LogP contribution in [0.4, 0.5) is 0 Å². The first kappa shape index (κ1) is 24.5. The lowest BCUT2D eigenvalue weighted by Crippen LogP contribution is -1.98. The molecular weight excluding hydrogens is 340 g/mol. The molecule has 148 valence electrons. The van der Waals surface area contributed by atoms with E-state index in [2.05, 4.69) is 11.7 Å². The Morgan fingerprint density at radius 1 is 0.852 bits per heavy atom. The fraction of sp³-hybridized carbons (Fsp3) is 0.391. The average Bonchev–Trinajstić information content (AvgIpc) is 2.67. The zero-order valence-electron chi connectivity index (χ0n) is 16.2. The smallest absolute Gasteiger partial charge is 0.293 e. The van der Waals surface area contributed by atoms with Crippen LogP contribution < -0.4 is 0 Å². The van der Waals surface area contributed by atoms with Crippen molar-refractivity contribution in [3.63, 3.8) is 0 Å². The normalized spacial score (nSPS) is 15.0. The van der Waals surface area contributed by atoms with Crippen LogP contribution in [0, 0.1) is 5.92 Å². The standard InChI is InChI=1S/C23H32O4/c1-2-3-10-17-23(26)18-13-8-6-4-5-7-11-15-22(20-24)16-12-9-14-19-27-21-25/h3,5-13,15,18,20-23,26H,2,4,14,16-17,19H2,1H3/t22-,23?/m0/s1. The molecule has 1 N–H and O–H groups in total. The van der Waals surface area contributed by atoms with E-state index in [-0.39, 0.29) is 5.92 Å². The molecule has 27 heavy (non-hydrogen) atoms. The van der Waals surface area contributed by atoms with Gasteiger partial charge < -0.3 is 14.6 Å². The molecule has 0 spiro atoms. The minimum Gasteiger partial charge on any atom is -0.468 e. The topological polar surface area (TPSA) is 63.6 Å². The summed E-state index contributed by atoms with van der Waals surface area (Å²) in [5, 5.41) is 9.69. The minimum absolute atomic E-state index is 0.153. The van der Waals surface area contributed by atoms with Crippen molar-refractivity contribution < 1.29 is 19.4 Å². The van der Waals surface area contributed by atoms with Crippen molar-refractivity contribution in [1.29, 1.82) is 0 Å². The monoisotopic (exact) mass is 372 g/mol. The number of carbonyl (C=O) groups is 2. The number of ether oxygens (including phenoxy) is 1. The maximum atomic E-state index is 11.0. The molecule has 0 aliphatic rings. The largest absolute Gasteiger partial charge is 0.468 e. The third kappa shape index (κ3) is 18.1. The first-order valence-corrected chi connectivity index (χ1v) is 9.39. The molecule has 0 heterocycles. The summed E-state index contributed by atoms with van der Waals surface area (Å²) in [7, 11) is 0. The second kappa shape index (κ2) is 19.9. The molecule has 0 fully saturated rings. The molecule has 0 saturated carbocycles. The van der Waals surface area contributed by atoms with Crippen molar-refractivity contribution in [3.05, 3.63) is 72.9 Å². The average molecular weight is 373 g/mol. The molecule has 0 saturated heterocycles. The van der Waals surface area contributed by atoms with Gasteiger partial charge in [-0.3, -0.25) is 4.79 Å². The first-order chi connectivity index (χ1) is 13.2. The Kier molecular flexibility index (Phi) is 18.0. The fourth-order valence-electron chi connectivity index (χ4n) is 2.01. The van der Waals surface area contributed by atoms with Gasteiger partial charge in [0.1, 0.15) is 6.29 Å². The van der Waals surface area contributed by atoms with Crippen molar-refractivity contribution >= 4 is 12.8 Å². The van der Waals surface area contributed by atoms with E-state index >= 15 is 0 Å². The summed E-state index contributed by atoms with van der Waals surface area (Å²) in [4.78, 5) is 21.0. The van der Waals surface area contributed by atoms with E-state index in [1.165, 1.54) is 0 Å². The van der Waals surface area contributed by atoms with E-state index in [0.717, 1.165) is 19.1 Å². The van der Waals surface area contributed by atoms with Gasteiger partial charge in [-0.05, 0) is 32.1 Å². The summed E-state index contributed by atoms with van der Waals surface area (Å²) in [5.74, 6) is -0.153. The third-order valence-corrected chi connectivity index (χ3v) is 3.46. The van der Waals surface area contributed by atoms with Gasteiger partial charge in [-0.2, -0.15) is 0 Å². The highest BCUT2D eigenvalue weighted by Crippen LogP contribution is 2.04. The SMILES string of the molecule is CCC=CCC(O)C=CC=CCC=CC=C[C@H](C=O)CC=CCCOC=O. The third-order valence-electron chi connectivity index (χ3n) is 3.46. The Morgan fingerprint density at radius 3 is 2.22 bits per heavy atom. The van der Waals surface area contributed by atoms with Crippen LogP contribution in [-0.2, 0) is 14.3 Å². The number of aliphatic hydroxyl groups is 1. The van der Waals surface area contributed by atoms with Gasteiger partial charge in [0.2, 0.25) is 0 Å². The number of aliphatic hydroxyl groups excluding tert-OH is 1. The predicted octanol–water partition coefficient (Wildman–Crippen LogP) is 4.64. The van der Waals surface area contributed by atoms with Crippen LogP contribution in [0.25, 0.3) is 0 Å². The second-order valence-electron chi connectivity index (χ2n) is 5.81. The number of allylic oxidation sites excluding steroid dienone is 9. The Balaban J connectivity index is 3.98. The molecule has 0 aromatic heterocycles. The Labute approximate surface area is 163 Å². The van der Waals surface area contributed by atoms with Crippen LogP contribution in [0.2, 0.25) is 0 Å². The molecule has 0 aromatic carbocycles. The van der Waals surface area contributed by atoms with Gasteiger partial charge in [-0.15, -0.1) is 0 Å². The summed E-state index contributed by atoms with van der Waals surface area (Å²) >= 11 is 0. The van der Waals surface area contributed by atoms with Crippen molar-refractivity contribution in [2.75, 3.05) is 6.61 Å². The van der Waals surface area contributed by atoms with Gasteiger partial charge in [0.25, 0.3) is 6.47 Å². The fourth-order valence-corrected chi connectivity index (χ4v) is 2.01.